The number of hydrogen-bond acceptors (Lipinski definition) is 0. The molecule has 0 N–H and O–H groups in total. The fourth-order valence-electron chi connectivity index (χ4n) is 2.28. The van der Waals surface area contributed by atoms with Crippen molar-refractivity contribution >= 4 is 16.1 Å². The first-order chi connectivity index (χ1) is 7.17. The van der Waals surface area contributed by atoms with Gasteiger partial charge in [-0.05, 0) is 0 Å². The zero-order chi connectivity index (χ0) is 12.4. The van der Waals surface area contributed by atoms with E-state index >= 15 is 0 Å². The van der Waals surface area contributed by atoms with Gasteiger partial charge in [0.25, 0.3) is 0 Å². The predicted octanol–water partition coefficient (Wildman–Crippen LogP) is 5.04. The van der Waals surface area contributed by atoms with E-state index in [2.05, 4.69) is 57.5 Å². The van der Waals surface area contributed by atoms with E-state index in [1.54, 1.807) is 8.70 Å². The van der Waals surface area contributed by atoms with E-state index in [-0.39, 0.29) is 0 Å². The molecule has 0 nitrogen and oxygen atoms in total. The van der Waals surface area contributed by atoms with Gasteiger partial charge in [0.15, 0.2) is 0 Å². The van der Waals surface area contributed by atoms with Gasteiger partial charge >= 0.3 is 111 Å². The molecule has 0 unspecified atom stereocenters. The Balaban J connectivity index is 2.70. The first-order valence-corrected chi connectivity index (χ1v) is 16.8. The summed E-state index contributed by atoms with van der Waals surface area (Å²) in [4.78, 5) is 0. The van der Waals surface area contributed by atoms with Crippen LogP contribution >= 0.6 is 0 Å². The molecule has 0 amide bonds. The fourth-order valence-corrected chi connectivity index (χ4v) is 22.8. The topological polar surface area (TPSA) is 0 Å². The van der Waals surface area contributed by atoms with Gasteiger partial charge in [-0.25, -0.2) is 0 Å². The third-order valence-corrected chi connectivity index (χ3v) is 21.6. The van der Waals surface area contributed by atoms with Gasteiger partial charge in [-0.15, -0.1) is 0 Å². The Hall–Kier alpha value is 0.628. The van der Waals surface area contributed by atoms with Gasteiger partial charge in [0.2, 0.25) is 0 Å². The molecule has 0 spiro atoms. The van der Waals surface area contributed by atoms with Crippen LogP contribution in [-0.4, -0.2) is 16.1 Å². The summed E-state index contributed by atoms with van der Waals surface area (Å²) < 4.78 is 5.17. The normalized spacial score (nSPS) is 16.5. The molecule has 0 aromatic rings. The predicted molar refractivity (Wildman–Crippen MR) is 78.1 cm³/mol. The van der Waals surface area contributed by atoms with Crippen molar-refractivity contribution in [3.8, 4) is 0 Å². The fraction of sp³-hybridized carbons (Fsp3) is 0.692. The Morgan fingerprint density at radius 1 is 1.00 bits per heavy atom. The van der Waals surface area contributed by atoms with E-state index < -0.39 is 34.0 Å². The van der Waals surface area contributed by atoms with Gasteiger partial charge in [-0.1, -0.05) is 0 Å². The number of rotatable bonds is 5. The third kappa shape index (κ3) is 5.81. The Kier molecular flexibility index (Phi) is 5.06. The molecule has 0 aliphatic heterocycles. The quantitative estimate of drug-likeness (QED) is 0.621. The van der Waals surface area contributed by atoms with E-state index in [4.69, 9.17) is 0 Å². The van der Waals surface area contributed by atoms with Crippen molar-refractivity contribution in [1.82, 2.24) is 0 Å². The molecule has 0 fully saturated rings. The van der Waals surface area contributed by atoms with Crippen LogP contribution in [0.1, 0.15) is 6.42 Å². The van der Waals surface area contributed by atoms with Crippen molar-refractivity contribution in [2.75, 3.05) is 0 Å². The summed E-state index contributed by atoms with van der Waals surface area (Å²) in [6.45, 7) is 15.3. The first kappa shape index (κ1) is 14.7. The van der Waals surface area contributed by atoms with Gasteiger partial charge in [0.05, 0.1) is 0 Å². The molecular weight excluding hydrogens is 260 g/mol. The second-order valence-corrected chi connectivity index (χ2v) is 24.6. The summed E-state index contributed by atoms with van der Waals surface area (Å²) in [5, 5.41) is 0. The van der Waals surface area contributed by atoms with E-state index in [0.717, 1.165) is 0 Å². The van der Waals surface area contributed by atoms with Crippen molar-refractivity contribution in [3.63, 3.8) is 0 Å². The molecule has 0 saturated carbocycles. The van der Waals surface area contributed by atoms with Crippen LogP contribution in [0, 0.1) is 0 Å². The zero-order valence-corrected chi connectivity index (χ0v) is 15.4. The van der Waals surface area contributed by atoms with Crippen LogP contribution in [0.25, 0.3) is 0 Å². The van der Waals surface area contributed by atoms with Crippen LogP contribution in [0.4, 0.5) is 0 Å². The minimum atomic E-state index is -0.914. The van der Waals surface area contributed by atoms with Gasteiger partial charge in [-0.2, -0.15) is 0 Å². The van der Waals surface area contributed by atoms with Gasteiger partial charge in [0.1, 0.15) is 0 Å². The molecule has 91 valence electrons. The third-order valence-electron chi connectivity index (χ3n) is 2.71. The Labute approximate surface area is 110 Å². The van der Waals surface area contributed by atoms with E-state index in [9.17, 15) is 0 Å². The van der Waals surface area contributed by atoms with Gasteiger partial charge in [0, 0.05) is 0 Å². The van der Waals surface area contributed by atoms with Crippen molar-refractivity contribution < 1.29 is 17.9 Å². The van der Waals surface area contributed by atoms with E-state index in [0.29, 0.717) is 0 Å². The summed E-state index contributed by atoms with van der Waals surface area (Å²) in [6, 6.07) is 0. The maximum atomic E-state index is 2.55. The Morgan fingerprint density at radius 3 is 1.81 bits per heavy atom. The second-order valence-electron chi connectivity index (χ2n) is 7.40. The number of hydrogen-bond donors (Lipinski definition) is 0. The average molecular weight is 287 g/mol. The molecule has 0 aromatic heterocycles. The first-order valence-electron chi connectivity index (χ1n) is 6.38. The maximum absolute atomic E-state index is 2.55. The van der Waals surface area contributed by atoms with Crippen molar-refractivity contribution in [1.29, 1.82) is 0 Å². The van der Waals surface area contributed by atoms with Gasteiger partial charge < -0.3 is 0 Å². The molecule has 0 aromatic carbocycles. The molecule has 0 heterocycles. The van der Waals surface area contributed by atoms with Crippen LogP contribution < -0.4 is 0 Å². The molecule has 1 rings (SSSR count). The SMILES string of the molecule is C[Si](C)(C)[CH2][Ti]([CH2][Si](C)(C)C)[C]1=CC=CC1. The summed E-state index contributed by atoms with van der Waals surface area (Å²) in [5.74, 6) is 0. The molecule has 3 heteroatoms. The molecule has 16 heavy (non-hydrogen) atoms. The summed E-state index contributed by atoms with van der Waals surface area (Å²) >= 11 is -0.914. The second kappa shape index (κ2) is 5.51. The van der Waals surface area contributed by atoms with Crippen LogP contribution in [0.2, 0.25) is 48.0 Å². The average Bonchev–Trinajstić information content (AvgIpc) is 2.47. The van der Waals surface area contributed by atoms with E-state index in [1.807, 2.05) is 3.88 Å². The molecule has 0 bridgehead atoms. The minimum absolute atomic E-state index is 0.860. The zero-order valence-electron chi connectivity index (χ0n) is 11.9. The van der Waals surface area contributed by atoms with Crippen LogP contribution in [0.3, 0.4) is 0 Å². The van der Waals surface area contributed by atoms with E-state index in [1.165, 1.54) is 6.42 Å². The van der Waals surface area contributed by atoms with Crippen molar-refractivity contribution in [2.24, 2.45) is 0 Å². The molecule has 1 aliphatic rings. The van der Waals surface area contributed by atoms with Crippen LogP contribution in [-0.2, 0) is 17.9 Å². The molecule has 0 atom stereocenters. The van der Waals surface area contributed by atoms with Crippen LogP contribution in [0.5, 0.6) is 0 Å². The van der Waals surface area contributed by atoms with Crippen molar-refractivity contribution in [3.05, 3.63) is 22.1 Å². The summed E-state index contributed by atoms with van der Waals surface area (Å²) in [6.07, 6.45) is 8.40. The summed E-state index contributed by atoms with van der Waals surface area (Å²) in [7, 11) is -1.72. The Bertz CT molecular complexity index is 276. The molecule has 0 radical (unpaired) electrons. The standard InChI is InChI=1S/C5H5.2C4H11Si.Ti/c1-2-4-5-3-1;2*1-5(2,3)4;/h1-3H,4H2;2*1H2,2-4H3;. The molecule has 0 saturated heterocycles. The molecule has 1 aliphatic carbocycles. The van der Waals surface area contributed by atoms with Crippen LogP contribution in [0.15, 0.2) is 22.1 Å². The Morgan fingerprint density at radius 2 is 1.50 bits per heavy atom. The monoisotopic (exact) mass is 287 g/mol. The summed E-state index contributed by atoms with van der Waals surface area (Å²) in [5.41, 5.74) is 0. The number of allylic oxidation sites excluding steroid dienone is 4. The molecular formula is C13H27Si2Ti. The van der Waals surface area contributed by atoms with Gasteiger partial charge in [-0.3, -0.25) is 0 Å². The van der Waals surface area contributed by atoms with Crippen molar-refractivity contribution in [2.45, 2.75) is 54.4 Å².